The molecule has 0 aromatic heterocycles. The van der Waals surface area contributed by atoms with Gasteiger partial charge in [0.15, 0.2) is 0 Å². The summed E-state index contributed by atoms with van der Waals surface area (Å²) in [6.45, 7) is 5.34. The van der Waals surface area contributed by atoms with Crippen LogP contribution >= 0.6 is 0 Å². The quantitative estimate of drug-likeness (QED) is 0.118. The molecule has 0 bridgehead atoms. The Kier molecular flexibility index (Phi) is 10.3. The maximum Gasteiger partial charge on any atom is 0.113 e. The van der Waals surface area contributed by atoms with Crippen molar-refractivity contribution in [1.29, 1.82) is 0 Å². The molecule has 1 aliphatic heterocycles. The summed E-state index contributed by atoms with van der Waals surface area (Å²) in [5.41, 5.74) is 12.5. The summed E-state index contributed by atoms with van der Waals surface area (Å²) in [5, 5.41) is 4.11. The smallest absolute Gasteiger partial charge is 0.113 e. The van der Waals surface area contributed by atoms with Crippen molar-refractivity contribution in [3.63, 3.8) is 0 Å². The number of nitrogens with zero attached hydrogens (tertiary/aromatic N) is 3. The number of ether oxygens (including phenoxy) is 4. The summed E-state index contributed by atoms with van der Waals surface area (Å²) < 4.78 is 25.4. The summed E-state index contributed by atoms with van der Waals surface area (Å²) >= 11 is 0. The van der Waals surface area contributed by atoms with Crippen LogP contribution in [-0.4, -0.2) is 37.1 Å². The molecule has 0 aliphatic carbocycles. The van der Waals surface area contributed by atoms with Gasteiger partial charge in [0.2, 0.25) is 0 Å². The zero-order valence-electron chi connectivity index (χ0n) is 20.8. The number of azide groups is 1. The molecule has 7 heteroatoms. The molecular weight excluding hydrogens is 466 g/mol. The highest BCUT2D eigenvalue weighted by molar-refractivity contribution is 5.15. The van der Waals surface area contributed by atoms with Gasteiger partial charge in [0, 0.05) is 4.91 Å². The third kappa shape index (κ3) is 7.76. The third-order valence-corrected chi connectivity index (χ3v) is 6.31. The molecule has 37 heavy (non-hydrogen) atoms. The van der Waals surface area contributed by atoms with Gasteiger partial charge in [-0.2, -0.15) is 0 Å². The lowest BCUT2D eigenvalue weighted by molar-refractivity contribution is -0.227. The lowest BCUT2D eigenvalue weighted by Crippen LogP contribution is -2.59. The fourth-order valence-electron chi connectivity index (χ4n) is 4.49. The minimum Gasteiger partial charge on any atom is -0.374 e. The average Bonchev–Trinajstić information content (AvgIpc) is 2.94. The Balaban J connectivity index is 1.57. The van der Waals surface area contributed by atoms with Gasteiger partial charge in [0.1, 0.15) is 12.2 Å². The van der Waals surface area contributed by atoms with Crippen molar-refractivity contribution < 1.29 is 18.9 Å². The first-order valence-electron chi connectivity index (χ1n) is 12.5. The molecule has 1 saturated heterocycles. The van der Waals surface area contributed by atoms with Crippen molar-refractivity contribution in [2.45, 2.75) is 56.7 Å². The molecule has 3 aromatic rings. The second-order valence-corrected chi connectivity index (χ2v) is 8.96. The lowest BCUT2D eigenvalue weighted by Gasteiger charge is -2.45. The molecule has 0 saturated carbocycles. The van der Waals surface area contributed by atoms with Crippen molar-refractivity contribution in [3.05, 3.63) is 131 Å². The Labute approximate surface area is 218 Å². The Hall–Kier alpha value is -3.45. The van der Waals surface area contributed by atoms with E-state index >= 15 is 0 Å². The minimum atomic E-state index is -0.585. The fraction of sp³-hybridized carbons (Fsp3) is 0.333. The third-order valence-electron chi connectivity index (χ3n) is 6.31. The van der Waals surface area contributed by atoms with Gasteiger partial charge in [-0.3, -0.25) is 0 Å². The summed E-state index contributed by atoms with van der Waals surface area (Å²) in [6.07, 6.45) is 0.390. The van der Waals surface area contributed by atoms with Crippen LogP contribution in [0, 0.1) is 0 Å². The van der Waals surface area contributed by atoms with Gasteiger partial charge in [-0.05, 0) is 28.6 Å². The number of benzene rings is 3. The summed E-state index contributed by atoms with van der Waals surface area (Å²) in [5.74, 6) is 0. The first-order chi connectivity index (χ1) is 18.3. The molecular formula is C30H33N3O4. The van der Waals surface area contributed by atoms with E-state index in [2.05, 4.69) is 16.6 Å². The number of hydrogen-bond acceptors (Lipinski definition) is 5. The van der Waals surface area contributed by atoms with Gasteiger partial charge < -0.3 is 18.9 Å². The lowest BCUT2D eigenvalue weighted by atomic mass is 9.91. The van der Waals surface area contributed by atoms with Gasteiger partial charge in [-0.25, -0.2) is 0 Å². The zero-order valence-corrected chi connectivity index (χ0v) is 20.8. The highest BCUT2D eigenvalue weighted by atomic mass is 16.6. The van der Waals surface area contributed by atoms with Crippen molar-refractivity contribution in [3.8, 4) is 0 Å². The molecule has 0 radical (unpaired) electrons. The van der Waals surface area contributed by atoms with E-state index in [-0.39, 0.29) is 0 Å². The highest BCUT2D eigenvalue weighted by Crippen LogP contribution is 2.32. The maximum absolute atomic E-state index is 9.39. The summed E-state index contributed by atoms with van der Waals surface area (Å²) in [4.78, 5) is 3.12. The first-order valence-corrected chi connectivity index (χ1v) is 12.5. The Morgan fingerprint density at radius 3 is 1.78 bits per heavy atom. The fourth-order valence-corrected chi connectivity index (χ4v) is 4.49. The molecule has 5 atom stereocenters. The van der Waals surface area contributed by atoms with Crippen molar-refractivity contribution in [2.24, 2.45) is 5.11 Å². The number of rotatable bonds is 13. The van der Waals surface area contributed by atoms with E-state index in [9.17, 15) is 5.53 Å². The van der Waals surface area contributed by atoms with Crippen LogP contribution in [0.5, 0.6) is 0 Å². The molecule has 4 rings (SSSR count). The standard InChI is InChI=1S/C30H33N3O4/c1-2-12-26-28(32-33-31)30(36-21-25-17-10-5-11-18-25)29(35-20-24-15-8-4-9-16-24)27(37-26)22-34-19-23-13-6-3-7-14-23/h2-11,13-18,26-30H,1,12,19-22H2/t26-,27-,28-,29-,30-/m1/s1. The van der Waals surface area contributed by atoms with Gasteiger partial charge in [-0.1, -0.05) is 102 Å². The van der Waals surface area contributed by atoms with Crippen LogP contribution < -0.4 is 0 Å². The molecule has 0 N–H and O–H groups in total. The van der Waals surface area contributed by atoms with Crippen LogP contribution in [0.15, 0.2) is 109 Å². The molecule has 0 unspecified atom stereocenters. The van der Waals surface area contributed by atoms with Crippen LogP contribution in [0.1, 0.15) is 23.1 Å². The number of hydrogen-bond donors (Lipinski definition) is 0. The van der Waals surface area contributed by atoms with Crippen molar-refractivity contribution >= 4 is 0 Å². The second kappa shape index (κ2) is 14.3. The minimum absolute atomic E-state index is 0.302. The molecule has 1 heterocycles. The largest absolute Gasteiger partial charge is 0.374 e. The van der Waals surface area contributed by atoms with E-state index in [4.69, 9.17) is 18.9 Å². The van der Waals surface area contributed by atoms with Gasteiger partial charge in [-0.15, -0.1) is 6.58 Å². The zero-order chi connectivity index (χ0) is 25.7. The van der Waals surface area contributed by atoms with E-state index < -0.39 is 30.5 Å². The van der Waals surface area contributed by atoms with E-state index in [0.717, 1.165) is 16.7 Å². The molecule has 0 spiro atoms. The normalized spacial score (nSPS) is 23.2. The van der Waals surface area contributed by atoms with Crippen LogP contribution in [0.25, 0.3) is 10.4 Å². The summed E-state index contributed by atoms with van der Waals surface area (Å²) in [6, 6.07) is 29.3. The Morgan fingerprint density at radius 1 is 0.757 bits per heavy atom. The molecule has 7 nitrogen and oxygen atoms in total. The Morgan fingerprint density at radius 2 is 1.27 bits per heavy atom. The van der Waals surface area contributed by atoms with E-state index in [1.807, 2.05) is 91.0 Å². The summed E-state index contributed by atoms with van der Waals surface area (Å²) in [7, 11) is 0. The van der Waals surface area contributed by atoms with Crippen LogP contribution in [-0.2, 0) is 38.8 Å². The predicted octanol–water partition coefficient (Wildman–Crippen LogP) is 6.40. The van der Waals surface area contributed by atoms with Gasteiger partial charge >= 0.3 is 0 Å². The van der Waals surface area contributed by atoms with E-state index in [0.29, 0.717) is 32.8 Å². The molecule has 1 fully saturated rings. The van der Waals surface area contributed by atoms with Crippen LogP contribution in [0.3, 0.4) is 0 Å². The Bertz CT molecular complexity index is 1120. The molecule has 1 aliphatic rings. The SMILES string of the molecule is C=CC[C@H]1O[C@H](COCc2ccccc2)[C@@H](OCc2ccccc2)[C@H](OCc2ccccc2)[C@@H]1N=[N+]=[N-]. The average molecular weight is 500 g/mol. The predicted molar refractivity (Wildman–Crippen MR) is 143 cm³/mol. The molecule has 0 amide bonds. The van der Waals surface area contributed by atoms with Crippen molar-refractivity contribution in [2.75, 3.05) is 6.61 Å². The monoisotopic (exact) mass is 499 g/mol. The van der Waals surface area contributed by atoms with Crippen molar-refractivity contribution in [1.82, 2.24) is 0 Å². The molecule has 192 valence electrons. The second-order valence-electron chi connectivity index (χ2n) is 8.96. The maximum atomic E-state index is 9.39. The van der Waals surface area contributed by atoms with Crippen LogP contribution in [0.2, 0.25) is 0 Å². The molecule has 3 aromatic carbocycles. The first kappa shape index (κ1) is 26.6. The van der Waals surface area contributed by atoms with E-state index in [1.54, 1.807) is 6.08 Å². The van der Waals surface area contributed by atoms with Gasteiger partial charge in [0.05, 0.1) is 44.7 Å². The topological polar surface area (TPSA) is 85.7 Å². The highest BCUT2D eigenvalue weighted by Gasteiger charge is 2.46. The van der Waals surface area contributed by atoms with Crippen LogP contribution in [0.4, 0.5) is 0 Å². The van der Waals surface area contributed by atoms with E-state index in [1.165, 1.54) is 0 Å². The van der Waals surface area contributed by atoms with Gasteiger partial charge in [0.25, 0.3) is 0 Å².